The van der Waals surface area contributed by atoms with Crippen LogP contribution in [0.3, 0.4) is 0 Å². The van der Waals surface area contributed by atoms with Crippen molar-refractivity contribution in [3.05, 3.63) is 120 Å². The van der Waals surface area contributed by atoms with Crippen LogP contribution in [0.15, 0.2) is 109 Å². The number of methoxy groups -OCH3 is 4. The summed E-state index contributed by atoms with van der Waals surface area (Å²) in [4.78, 5) is 0. The van der Waals surface area contributed by atoms with Crippen molar-refractivity contribution >= 4 is 38.7 Å². The second kappa shape index (κ2) is 15.3. The second-order valence-corrected chi connectivity index (χ2v) is 17.1. The Hall–Kier alpha value is -6.08. The van der Waals surface area contributed by atoms with Crippen molar-refractivity contribution < 1.29 is 46.1 Å². The zero-order valence-electron chi connectivity index (χ0n) is 33.9. The molecule has 9 rings (SSSR count). The molecule has 0 fully saturated rings. The van der Waals surface area contributed by atoms with E-state index in [1.807, 2.05) is 116 Å². The van der Waals surface area contributed by atoms with Crippen molar-refractivity contribution in [2.45, 2.75) is 33.1 Å². The molecule has 0 atom stereocenters. The predicted octanol–water partition coefficient (Wildman–Crippen LogP) is 13.1. The average molecular weight is 829 g/mol. The Bertz CT molecular complexity index is 2680. The molecule has 0 saturated carbocycles. The van der Waals surface area contributed by atoms with E-state index < -0.39 is 22.6 Å². The van der Waals surface area contributed by atoms with Crippen LogP contribution in [0.1, 0.15) is 31.9 Å². The molecule has 0 unspecified atom stereocenters. The highest BCUT2D eigenvalue weighted by atomic mass is 31.2. The Morgan fingerprint density at radius 1 is 0.458 bits per heavy atom. The van der Waals surface area contributed by atoms with Gasteiger partial charge in [-0.25, -0.2) is 0 Å². The first-order valence-corrected chi connectivity index (χ1v) is 21.2. The highest BCUT2D eigenvalue weighted by Gasteiger charge is 2.35. The van der Waals surface area contributed by atoms with Gasteiger partial charge >= 0.3 is 17.2 Å². The SMILES string of the molecule is COc1cc(-c2cc(-c3cc(C)cc(OC)c3OP3Oc4cccc5cccc(c45)O3)c(OC)cc2OC)c(OP2Oc3cccc4cccc(c34)O2)c(C(C)(C)C)c1. The molecule has 0 aromatic heterocycles. The average Bonchev–Trinajstić information content (AvgIpc) is 3.23. The fourth-order valence-corrected chi connectivity index (χ4v) is 9.67. The summed E-state index contributed by atoms with van der Waals surface area (Å²) in [6.45, 7) is 8.37. The molecule has 2 aliphatic heterocycles. The Morgan fingerprint density at radius 2 is 0.915 bits per heavy atom. The lowest BCUT2D eigenvalue weighted by atomic mass is 9.83. The van der Waals surface area contributed by atoms with Crippen molar-refractivity contribution in [3.8, 4) is 79.7 Å². The zero-order valence-corrected chi connectivity index (χ0v) is 35.7. The molecule has 2 aliphatic rings. The van der Waals surface area contributed by atoms with Gasteiger partial charge in [0.05, 0.1) is 39.2 Å². The van der Waals surface area contributed by atoms with Crippen molar-refractivity contribution in [3.63, 3.8) is 0 Å². The van der Waals surface area contributed by atoms with Crippen LogP contribution in [0.25, 0.3) is 43.8 Å². The quantitative estimate of drug-likeness (QED) is 0.124. The van der Waals surface area contributed by atoms with Crippen molar-refractivity contribution in [2.75, 3.05) is 28.4 Å². The van der Waals surface area contributed by atoms with E-state index in [0.29, 0.717) is 79.7 Å². The second-order valence-electron chi connectivity index (χ2n) is 15.1. The summed E-state index contributed by atoms with van der Waals surface area (Å²) in [6.07, 6.45) is 0. The molecule has 10 nitrogen and oxygen atoms in total. The van der Waals surface area contributed by atoms with Crippen LogP contribution in [-0.2, 0) is 5.41 Å². The lowest BCUT2D eigenvalue weighted by Gasteiger charge is -2.30. The van der Waals surface area contributed by atoms with Gasteiger partial charge in [0.15, 0.2) is 11.5 Å². The maximum atomic E-state index is 6.92. The fourth-order valence-electron chi connectivity index (χ4n) is 7.51. The molecule has 0 radical (unpaired) electrons. The largest absolute Gasteiger partial charge is 0.530 e. The van der Waals surface area contributed by atoms with E-state index in [0.717, 1.165) is 32.7 Å². The molecule has 0 amide bonds. The first kappa shape index (κ1) is 38.4. The van der Waals surface area contributed by atoms with Crippen LogP contribution >= 0.6 is 17.2 Å². The van der Waals surface area contributed by atoms with Gasteiger partial charge in [0.25, 0.3) is 0 Å². The maximum Gasteiger partial charge on any atom is 0.530 e. The molecule has 7 aromatic carbocycles. The summed E-state index contributed by atoms with van der Waals surface area (Å²) in [5.74, 6) is 5.93. The summed E-state index contributed by atoms with van der Waals surface area (Å²) in [6, 6.07) is 35.4. The minimum Gasteiger partial charge on any atom is -0.497 e. The zero-order chi connectivity index (χ0) is 41.0. The van der Waals surface area contributed by atoms with Crippen LogP contribution in [0.2, 0.25) is 0 Å². The van der Waals surface area contributed by atoms with Crippen molar-refractivity contribution in [1.82, 2.24) is 0 Å². The normalized spacial score (nSPS) is 13.5. The fraction of sp³-hybridized carbons (Fsp3) is 0.191. The number of benzene rings is 7. The summed E-state index contributed by atoms with van der Waals surface area (Å²) < 4.78 is 63.4. The van der Waals surface area contributed by atoms with E-state index in [-0.39, 0.29) is 0 Å². The third-order valence-corrected chi connectivity index (χ3v) is 12.4. The van der Waals surface area contributed by atoms with Crippen LogP contribution in [0.4, 0.5) is 0 Å². The Labute approximate surface area is 345 Å². The van der Waals surface area contributed by atoms with Gasteiger partial charge in [0.2, 0.25) is 0 Å². The molecule has 0 spiro atoms. The van der Waals surface area contributed by atoms with Crippen LogP contribution in [0, 0.1) is 6.92 Å². The summed E-state index contributed by atoms with van der Waals surface area (Å²) >= 11 is 0. The minimum atomic E-state index is -1.95. The number of hydrogen-bond donors (Lipinski definition) is 0. The van der Waals surface area contributed by atoms with E-state index in [9.17, 15) is 0 Å². The molecule has 0 bridgehead atoms. The molecular formula is C47H42O10P2. The lowest BCUT2D eigenvalue weighted by Crippen LogP contribution is -2.15. The molecule has 59 heavy (non-hydrogen) atoms. The Balaban J connectivity index is 1.19. The van der Waals surface area contributed by atoms with Crippen LogP contribution < -0.4 is 46.1 Å². The van der Waals surface area contributed by atoms with Crippen molar-refractivity contribution in [1.29, 1.82) is 0 Å². The van der Waals surface area contributed by atoms with Gasteiger partial charge in [0.1, 0.15) is 46.0 Å². The number of ether oxygens (including phenoxy) is 4. The van der Waals surface area contributed by atoms with Gasteiger partial charge in [-0.15, -0.1) is 0 Å². The van der Waals surface area contributed by atoms with Gasteiger partial charge in [0, 0.05) is 33.9 Å². The molecule has 2 heterocycles. The summed E-state index contributed by atoms with van der Waals surface area (Å²) in [5, 5.41) is 3.84. The monoisotopic (exact) mass is 828 g/mol. The minimum absolute atomic E-state index is 0.403. The van der Waals surface area contributed by atoms with Crippen LogP contribution in [0.5, 0.6) is 57.5 Å². The highest BCUT2D eigenvalue weighted by Crippen LogP contribution is 2.58. The first-order valence-electron chi connectivity index (χ1n) is 19.0. The van der Waals surface area contributed by atoms with E-state index in [4.69, 9.17) is 46.1 Å². The topological polar surface area (TPSA) is 92.3 Å². The Morgan fingerprint density at radius 3 is 1.36 bits per heavy atom. The van der Waals surface area contributed by atoms with Crippen molar-refractivity contribution in [2.24, 2.45) is 0 Å². The number of aryl methyl sites for hydroxylation is 1. The molecular weight excluding hydrogens is 786 g/mol. The summed E-state index contributed by atoms with van der Waals surface area (Å²) in [5.41, 5.74) is 4.17. The molecule has 300 valence electrons. The molecule has 0 saturated heterocycles. The van der Waals surface area contributed by atoms with Crippen LogP contribution in [-0.4, -0.2) is 28.4 Å². The van der Waals surface area contributed by atoms with Gasteiger partial charge in [-0.2, -0.15) is 0 Å². The Kier molecular flexibility index (Phi) is 9.94. The highest BCUT2D eigenvalue weighted by molar-refractivity contribution is 7.43. The van der Waals surface area contributed by atoms with E-state index in [1.54, 1.807) is 28.4 Å². The molecule has 0 N–H and O–H groups in total. The van der Waals surface area contributed by atoms with E-state index in [2.05, 4.69) is 20.8 Å². The third kappa shape index (κ3) is 7.00. The van der Waals surface area contributed by atoms with Gasteiger partial charge in [-0.05, 0) is 83.3 Å². The van der Waals surface area contributed by atoms with E-state index in [1.165, 1.54) is 0 Å². The molecule has 12 heteroatoms. The predicted molar refractivity (Wildman–Crippen MR) is 232 cm³/mol. The summed E-state index contributed by atoms with van der Waals surface area (Å²) in [7, 11) is 2.61. The maximum absolute atomic E-state index is 6.92. The van der Waals surface area contributed by atoms with Gasteiger partial charge in [-0.3, -0.25) is 0 Å². The smallest absolute Gasteiger partial charge is 0.497 e. The van der Waals surface area contributed by atoms with Gasteiger partial charge in [-0.1, -0.05) is 69.3 Å². The first-order chi connectivity index (χ1) is 28.6. The van der Waals surface area contributed by atoms with E-state index >= 15 is 0 Å². The standard InChI is InChI=1S/C47H42O10P2/c1-27-21-33(46(42(22-27)51-8)57-59-54-38-19-11-15-29-16-12-20-39(55-59)44(29)38)31-25-32(41(50-7)26-40(31)49-6)34-23-30(48-5)24-35(47(2,3)4)45(34)56-58-52-36-17-9-13-28-14-10-18-37(53-58)43(28)36/h9-26H,1-8H3. The number of rotatable bonds is 10. The molecule has 0 aliphatic carbocycles. The lowest BCUT2D eigenvalue weighted by molar-refractivity contribution is 0.356. The third-order valence-electron chi connectivity index (χ3n) is 10.3. The number of hydrogen-bond acceptors (Lipinski definition) is 10. The van der Waals surface area contributed by atoms with Gasteiger partial charge < -0.3 is 46.1 Å². The molecule has 7 aromatic rings.